The predicted molar refractivity (Wildman–Crippen MR) is 162 cm³/mol. The van der Waals surface area contributed by atoms with Gasteiger partial charge in [0.15, 0.2) is 0 Å². The topological polar surface area (TPSA) is 50.7 Å². The van der Waals surface area contributed by atoms with Gasteiger partial charge in [-0.3, -0.25) is 0 Å². The molecule has 1 aromatic heterocycles. The standard InChI is InChI=1S/C31H39F3N4O2S/c1-30(2,40-4)20-37-16-13-22(14-17-37)36-26-9-6-10-28-25(26)18-23(38(28)21-31(32,33)34)8-7-15-35-27-12-11-24(41-5)19-29(27)39-3/h6,9-12,18-19,22,35-36H,13-17,20-21H2,1-5H3. The summed E-state index contributed by atoms with van der Waals surface area (Å²) in [6.45, 7) is 6.05. The highest BCUT2D eigenvalue weighted by Gasteiger charge is 2.30. The average molecular weight is 589 g/mol. The number of hydrogen-bond acceptors (Lipinski definition) is 6. The Labute approximate surface area is 244 Å². The third-order valence-electron chi connectivity index (χ3n) is 7.38. The van der Waals surface area contributed by atoms with Crippen molar-refractivity contribution in [2.45, 2.75) is 55.9 Å². The molecule has 3 aromatic rings. The molecule has 0 saturated carbocycles. The number of nitrogens with zero attached hydrogens (tertiary/aromatic N) is 2. The molecule has 0 bridgehead atoms. The molecule has 1 fully saturated rings. The minimum Gasteiger partial charge on any atom is -0.495 e. The second-order valence-corrected chi connectivity index (χ2v) is 11.7. The highest BCUT2D eigenvalue weighted by molar-refractivity contribution is 7.98. The second-order valence-electron chi connectivity index (χ2n) is 10.8. The van der Waals surface area contributed by atoms with Gasteiger partial charge in [0.05, 0.1) is 36.2 Å². The van der Waals surface area contributed by atoms with Gasteiger partial charge in [-0.2, -0.15) is 13.2 Å². The first kappa shape index (κ1) is 30.9. The van der Waals surface area contributed by atoms with Gasteiger partial charge in [-0.25, -0.2) is 0 Å². The van der Waals surface area contributed by atoms with Crippen LogP contribution in [0.1, 0.15) is 32.4 Å². The highest BCUT2D eigenvalue weighted by Crippen LogP contribution is 2.32. The van der Waals surface area contributed by atoms with E-state index in [0.29, 0.717) is 17.0 Å². The molecule has 41 heavy (non-hydrogen) atoms. The lowest BCUT2D eigenvalue weighted by atomic mass is 10.0. The zero-order valence-electron chi connectivity index (χ0n) is 24.3. The van der Waals surface area contributed by atoms with Gasteiger partial charge in [-0.05, 0) is 75.3 Å². The van der Waals surface area contributed by atoms with Crippen LogP contribution in [0.25, 0.3) is 10.9 Å². The Hall–Kier alpha value is -3.00. The molecule has 6 nitrogen and oxygen atoms in total. The molecule has 1 saturated heterocycles. The number of ether oxygens (including phenoxy) is 2. The Morgan fingerprint density at radius 3 is 2.44 bits per heavy atom. The van der Waals surface area contributed by atoms with E-state index in [1.54, 1.807) is 44.2 Å². The van der Waals surface area contributed by atoms with Crippen LogP contribution in [0.4, 0.5) is 24.5 Å². The van der Waals surface area contributed by atoms with Gasteiger partial charge in [-0.1, -0.05) is 12.0 Å². The summed E-state index contributed by atoms with van der Waals surface area (Å²) in [5.41, 5.74) is 2.25. The number of methoxy groups -OCH3 is 2. The van der Waals surface area contributed by atoms with Crippen molar-refractivity contribution >= 4 is 34.0 Å². The Balaban J connectivity index is 1.52. The van der Waals surface area contributed by atoms with Crippen molar-refractivity contribution in [2.75, 3.05) is 57.3 Å². The van der Waals surface area contributed by atoms with Crippen LogP contribution in [-0.2, 0) is 11.3 Å². The number of hydrogen-bond donors (Lipinski definition) is 2. The Bertz CT molecular complexity index is 1390. The molecule has 0 aliphatic carbocycles. The Kier molecular flexibility index (Phi) is 10.1. The molecular formula is C31H39F3N4O2S. The number of fused-ring (bicyclic) bond motifs is 1. The van der Waals surface area contributed by atoms with Crippen molar-refractivity contribution in [1.29, 1.82) is 0 Å². The van der Waals surface area contributed by atoms with E-state index in [-0.39, 0.29) is 18.2 Å². The van der Waals surface area contributed by atoms with Crippen LogP contribution < -0.4 is 15.4 Å². The van der Waals surface area contributed by atoms with E-state index in [0.717, 1.165) is 54.1 Å². The molecule has 0 atom stereocenters. The van der Waals surface area contributed by atoms with Gasteiger partial charge in [-0.15, -0.1) is 11.8 Å². The summed E-state index contributed by atoms with van der Waals surface area (Å²) in [4.78, 5) is 3.47. The van der Waals surface area contributed by atoms with Crippen LogP contribution in [0.3, 0.4) is 0 Å². The van der Waals surface area contributed by atoms with Crippen molar-refractivity contribution in [3.05, 3.63) is 48.2 Å². The SMILES string of the molecule is COc1cc(SC)ccc1NCC#Cc1cc2c(NC3CCN(CC(C)(C)OC)CC3)cccc2n1CC(F)(F)F. The lowest BCUT2D eigenvalue weighted by Crippen LogP contribution is -2.46. The molecule has 222 valence electrons. The zero-order chi connectivity index (χ0) is 29.6. The van der Waals surface area contributed by atoms with E-state index in [1.807, 2.05) is 30.5 Å². The van der Waals surface area contributed by atoms with Crippen molar-refractivity contribution in [3.8, 4) is 17.6 Å². The Morgan fingerprint density at radius 1 is 1.02 bits per heavy atom. The predicted octanol–water partition coefficient (Wildman–Crippen LogP) is 6.70. The second kappa shape index (κ2) is 13.3. The number of benzene rings is 2. The van der Waals surface area contributed by atoms with Crippen LogP contribution in [0, 0.1) is 11.8 Å². The molecule has 0 unspecified atom stereocenters. The maximum atomic E-state index is 13.6. The number of nitrogens with one attached hydrogen (secondary N) is 2. The first-order valence-electron chi connectivity index (χ1n) is 13.7. The van der Waals surface area contributed by atoms with Crippen molar-refractivity contribution < 1.29 is 22.6 Å². The lowest BCUT2D eigenvalue weighted by Gasteiger charge is -2.37. The Morgan fingerprint density at radius 2 is 1.78 bits per heavy atom. The number of thioether (sulfide) groups is 1. The fourth-order valence-electron chi connectivity index (χ4n) is 5.14. The maximum absolute atomic E-state index is 13.6. The van der Waals surface area contributed by atoms with Gasteiger partial charge in [0.1, 0.15) is 12.3 Å². The summed E-state index contributed by atoms with van der Waals surface area (Å²) in [6, 6.07) is 13.3. The van der Waals surface area contributed by atoms with Crippen LogP contribution in [0.2, 0.25) is 0 Å². The largest absolute Gasteiger partial charge is 0.495 e. The molecule has 0 amide bonds. The molecule has 1 aliphatic heterocycles. The number of halogens is 3. The van der Waals surface area contributed by atoms with Crippen molar-refractivity contribution in [2.24, 2.45) is 0 Å². The fourth-order valence-corrected chi connectivity index (χ4v) is 5.57. The van der Waals surface area contributed by atoms with Crippen LogP contribution in [0.15, 0.2) is 47.4 Å². The number of rotatable bonds is 10. The number of likely N-dealkylation sites (tertiary alicyclic amines) is 1. The van der Waals surface area contributed by atoms with Crippen LogP contribution >= 0.6 is 11.8 Å². The smallest absolute Gasteiger partial charge is 0.406 e. The van der Waals surface area contributed by atoms with E-state index in [4.69, 9.17) is 9.47 Å². The summed E-state index contributed by atoms with van der Waals surface area (Å²) in [5, 5.41) is 7.56. The summed E-state index contributed by atoms with van der Waals surface area (Å²) in [6.07, 6.45) is -0.500. The van der Waals surface area contributed by atoms with Gasteiger partial charge < -0.3 is 29.6 Å². The minimum atomic E-state index is -4.38. The van der Waals surface area contributed by atoms with Gasteiger partial charge in [0, 0.05) is 48.8 Å². The minimum absolute atomic E-state index is 0.203. The number of piperidine rings is 1. The van der Waals surface area contributed by atoms with Gasteiger partial charge in [0.2, 0.25) is 0 Å². The van der Waals surface area contributed by atoms with Crippen molar-refractivity contribution in [1.82, 2.24) is 9.47 Å². The highest BCUT2D eigenvalue weighted by atomic mass is 32.2. The van der Waals surface area contributed by atoms with Gasteiger partial charge >= 0.3 is 6.18 Å². The zero-order valence-corrected chi connectivity index (χ0v) is 25.1. The van der Waals surface area contributed by atoms with E-state index in [9.17, 15) is 13.2 Å². The fraction of sp³-hybridized carbons (Fsp3) is 0.484. The van der Waals surface area contributed by atoms with Gasteiger partial charge in [0.25, 0.3) is 0 Å². The summed E-state index contributed by atoms with van der Waals surface area (Å²) < 4.78 is 53.1. The molecule has 10 heteroatoms. The van der Waals surface area contributed by atoms with E-state index in [2.05, 4.69) is 41.2 Å². The quantitative estimate of drug-likeness (QED) is 0.203. The molecule has 0 radical (unpaired) electrons. The molecular weight excluding hydrogens is 549 g/mol. The van der Waals surface area contributed by atoms with E-state index in [1.165, 1.54) is 4.57 Å². The van der Waals surface area contributed by atoms with E-state index >= 15 is 0 Å². The molecule has 1 aliphatic rings. The van der Waals surface area contributed by atoms with Crippen LogP contribution in [0.5, 0.6) is 5.75 Å². The summed E-state index contributed by atoms with van der Waals surface area (Å²) in [5.74, 6) is 6.67. The number of anilines is 2. The van der Waals surface area contributed by atoms with E-state index < -0.39 is 12.7 Å². The molecule has 4 rings (SSSR count). The third-order valence-corrected chi connectivity index (χ3v) is 8.11. The number of aromatic nitrogens is 1. The third kappa shape index (κ3) is 8.28. The molecule has 0 spiro atoms. The summed E-state index contributed by atoms with van der Waals surface area (Å²) in [7, 11) is 3.33. The molecule has 2 heterocycles. The molecule has 2 aromatic carbocycles. The van der Waals surface area contributed by atoms with Crippen LogP contribution in [-0.4, -0.2) is 73.9 Å². The monoisotopic (exact) mass is 588 g/mol. The first-order chi connectivity index (χ1) is 19.5. The maximum Gasteiger partial charge on any atom is 0.406 e. The molecule has 2 N–H and O–H groups in total. The normalized spacial score (nSPS) is 15.0. The van der Waals surface area contributed by atoms with Crippen molar-refractivity contribution in [3.63, 3.8) is 0 Å². The number of alkyl halides is 3. The average Bonchev–Trinajstić information content (AvgIpc) is 3.28. The first-order valence-corrected chi connectivity index (χ1v) is 14.9. The summed E-state index contributed by atoms with van der Waals surface area (Å²) >= 11 is 1.61. The lowest BCUT2D eigenvalue weighted by molar-refractivity contribution is -0.140.